The highest BCUT2D eigenvalue weighted by molar-refractivity contribution is 5.83. The smallest absolute Gasteiger partial charge is 0.0462 e. The molecule has 300 valence electrons. The number of benzene rings is 9. The van der Waals surface area contributed by atoms with Crippen molar-refractivity contribution in [3.05, 3.63) is 273 Å². The third-order valence-electron chi connectivity index (χ3n) is 11.8. The Hall–Kier alpha value is -8.20. The zero-order valence-electron chi connectivity index (χ0n) is 35.0. The van der Waals surface area contributed by atoms with Crippen molar-refractivity contribution in [1.82, 2.24) is 0 Å². The van der Waals surface area contributed by atoms with Gasteiger partial charge in [-0.3, -0.25) is 0 Å². The average Bonchev–Trinajstić information content (AvgIpc) is 3.67. The van der Waals surface area contributed by atoms with E-state index in [4.69, 9.17) is 0 Å². The Morgan fingerprint density at radius 3 is 0.762 bits per heavy atom. The number of hydrogen-bond donors (Lipinski definition) is 0. The molecule has 10 rings (SSSR count). The summed E-state index contributed by atoms with van der Waals surface area (Å²) in [6.07, 6.45) is 11.7. The van der Waals surface area contributed by atoms with Crippen LogP contribution >= 0.6 is 0 Å². The lowest BCUT2D eigenvalue weighted by Gasteiger charge is -2.27. The van der Waals surface area contributed by atoms with Crippen LogP contribution in [0.25, 0.3) is 50.1 Å². The molecule has 1 aliphatic carbocycles. The van der Waals surface area contributed by atoms with Crippen LogP contribution in [-0.2, 0) is 0 Å². The summed E-state index contributed by atoms with van der Waals surface area (Å²) in [4.78, 5) is 4.68. The van der Waals surface area contributed by atoms with E-state index in [1.807, 2.05) is 0 Å². The Morgan fingerprint density at radius 1 is 0.222 bits per heavy atom. The Balaban J connectivity index is 0.957. The molecule has 0 heterocycles. The van der Waals surface area contributed by atoms with Crippen LogP contribution < -0.4 is 9.80 Å². The normalized spacial score (nSPS) is 12.0. The quantitative estimate of drug-likeness (QED) is 0.128. The van der Waals surface area contributed by atoms with Crippen LogP contribution in [0.3, 0.4) is 0 Å². The molecule has 0 atom stereocenters. The summed E-state index contributed by atoms with van der Waals surface area (Å²) in [5, 5.41) is 0. The minimum Gasteiger partial charge on any atom is -0.311 e. The van der Waals surface area contributed by atoms with Gasteiger partial charge in [0.05, 0.1) is 0 Å². The van der Waals surface area contributed by atoms with Gasteiger partial charge in [-0.1, -0.05) is 194 Å². The second-order valence-electron chi connectivity index (χ2n) is 15.8. The molecule has 0 bridgehead atoms. The summed E-state index contributed by atoms with van der Waals surface area (Å²) in [7, 11) is 0. The first kappa shape index (κ1) is 39.0. The van der Waals surface area contributed by atoms with Gasteiger partial charge in [0, 0.05) is 34.1 Å². The predicted octanol–water partition coefficient (Wildman–Crippen LogP) is 17.2. The Kier molecular flexibility index (Phi) is 11.3. The van der Waals surface area contributed by atoms with E-state index in [9.17, 15) is 0 Å². The van der Waals surface area contributed by atoms with E-state index < -0.39 is 0 Å². The van der Waals surface area contributed by atoms with Gasteiger partial charge in [0.15, 0.2) is 0 Å². The van der Waals surface area contributed by atoms with Crippen LogP contribution in [-0.4, -0.2) is 0 Å². The van der Waals surface area contributed by atoms with Gasteiger partial charge in [-0.2, -0.15) is 0 Å². The maximum atomic E-state index is 2.34. The second kappa shape index (κ2) is 18.2. The van der Waals surface area contributed by atoms with E-state index in [2.05, 4.69) is 277 Å². The molecule has 0 spiro atoms. The molecular weight excluding hydrogens is 761 g/mol. The van der Waals surface area contributed by atoms with Gasteiger partial charge in [-0.25, -0.2) is 0 Å². The Morgan fingerprint density at radius 2 is 0.476 bits per heavy atom. The molecule has 0 saturated heterocycles. The first-order valence-electron chi connectivity index (χ1n) is 21.6. The summed E-state index contributed by atoms with van der Waals surface area (Å²) in [6.45, 7) is 0. The molecule has 2 heteroatoms. The fourth-order valence-corrected chi connectivity index (χ4v) is 8.42. The first-order chi connectivity index (χ1) is 31.2. The lowest BCUT2D eigenvalue weighted by molar-refractivity contribution is 1.28. The molecule has 0 aromatic heterocycles. The number of allylic oxidation sites excluding steroid dienone is 6. The standard InChI is InChI=1S/C61H46N2/c1-2-7-15-46(14-6-1)50-22-34-56(35-23-50)62(57-36-24-51(25-37-57)47-16-8-3-9-17-47)60-42-30-54(31-43-60)55-32-44-61(45-33-55)63(58-38-26-52(27-39-58)48-18-10-4-11-19-48)59-40-28-53(29-41-59)49-20-12-5-13-21-49/h1-14,16-45H,15H2. The van der Waals surface area contributed by atoms with Gasteiger partial charge in [-0.05, 0) is 135 Å². The predicted molar refractivity (Wildman–Crippen MR) is 268 cm³/mol. The number of nitrogens with zero attached hydrogens (tertiary/aromatic N) is 2. The van der Waals surface area contributed by atoms with Gasteiger partial charge < -0.3 is 9.80 Å². The third-order valence-corrected chi connectivity index (χ3v) is 11.8. The minimum absolute atomic E-state index is 0.918. The fourth-order valence-electron chi connectivity index (χ4n) is 8.42. The van der Waals surface area contributed by atoms with Crippen molar-refractivity contribution in [3.8, 4) is 44.5 Å². The van der Waals surface area contributed by atoms with Crippen molar-refractivity contribution in [2.24, 2.45) is 0 Å². The zero-order valence-corrected chi connectivity index (χ0v) is 35.0. The SMILES string of the molecule is C1=CC=C(c2ccc(N(c3ccc(-c4ccccc4)cc3)c3ccc(-c4ccc(N(c5ccc(-c6ccccc6)cc5)c5ccc(-c6ccccc6)cc5)cc4)cc3)cc2)CC=C1. The molecule has 1 aliphatic rings. The van der Waals surface area contributed by atoms with Crippen LogP contribution in [0.15, 0.2) is 267 Å². The summed E-state index contributed by atoms with van der Waals surface area (Å²) >= 11 is 0. The topological polar surface area (TPSA) is 6.48 Å². The molecular formula is C61H46N2. The maximum absolute atomic E-state index is 2.34. The van der Waals surface area contributed by atoms with Crippen molar-refractivity contribution in [3.63, 3.8) is 0 Å². The number of hydrogen-bond acceptors (Lipinski definition) is 2. The molecule has 63 heavy (non-hydrogen) atoms. The lowest BCUT2D eigenvalue weighted by atomic mass is 10.0. The van der Waals surface area contributed by atoms with Gasteiger partial charge in [-0.15, -0.1) is 0 Å². The van der Waals surface area contributed by atoms with E-state index in [0.29, 0.717) is 0 Å². The molecule has 0 fully saturated rings. The second-order valence-corrected chi connectivity index (χ2v) is 15.8. The van der Waals surface area contributed by atoms with Crippen molar-refractivity contribution in [2.45, 2.75) is 6.42 Å². The van der Waals surface area contributed by atoms with Crippen LogP contribution in [0.4, 0.5) is 34.1 Å². The molecule has 0 radical (unpaired) electrons. The van der Waals surface area contributed by atoms with Crippen LogP contribution in [0.2, 0.25) is 0 Å². The molecule has 0 unspecified atom stereocenters. The molecule has 0 N–H and O–H groups in total. The highest BCUT2D eigenvalue weighted by Gasteiger charge is 2.16. The van der Waals surface area contributed by atoms with Gasteiger partial charge in [0.1, 0.15) is 0 Å². The van der Waals surface area contributed by atoms with Crippen LogP contribution in [0.5, 0.6) is 0 Å². The average molecular weight is 807 g/mol. The van der Waals surface area contributed by atoms with Gasteiger partial charge >= 0.3 is 0 Å². The fraction of sp³-hybridized carbons (Fsp3) is 0.0164. The summed E-state index contributed by atoms with van der Waals surface area (Å²) in [5.41, 5.74) is 18.7. The minimum atomic E-state index is 0.918. The first-order valence-corrected chi connectivity index (χ1v) is 21.6. The van der Waals surface area contributed by atoms with Crippen LogP contribution in [0.1, 0.15) is 12.0 Å². The van der Waals surface area contributed by atoms with Gasteiger partial charge in [0.25, 0.3) is 0 Å². The Bertz CT molecular complexity index is 2900. The summed E-state index contributed by atoms with van der Waals surface area (Å²) in [6, 6.07) is 85.1. The van der Waals surface area contributed by atoms with Crippen LogP contribution in [0, 0.1) is 0 Å². The van der Waals surface area contributed by atoms with E-state index in [1.165, 1.54) is 44.5 Å². The maximum Gasteiger partial charge on any atom is 0.0462 e. The summed E-state index contributed by atoms with van der Waals surface area (Å²) < 4.78 is 0. The van der Waals surface area contributed by atoms with Gasteiger partial charge in [0.2, 0.25) is 0 Å². The van der Waals surface area contributed by atoms with Crippen molar-refractivity contribution in [1.29, 1.82) is 0 Å². The lowest BCUT2D eigenvalue weighted by Crippen LogP contribution is -2.10. The highest BCUT2D eigenvalue weighted by atomic mass is 15.1. The molecule has 9 aromatic carbocycles. The largest absolute Gasteiger partial charge is 0.311 e. The van der Waals surface area contributed by atoms with E-state index in [-0.39, 0.29) is 0 Å². The monoisotopic (exact) mass is 806 g/mol. The van der Waals surface area contributed by atoms with E-state index in [1.54, 1.807) is 0 Å². The van der Waals surface area contributed by atoms with E-state index >= 15 is 0 Å². The molecule has 2 nitrogen and oxygen atoms in total. The highest BCUT2D eigenvalue weighted by Crippen LogP contribution is 2.40. The molecule has 0 saturated carbocycles. The zero-order chi connectivity index (χ0) is 42.2. The van der Waals surface area contributed by atoms with Crippen molar-refractivity contribution >= 4 is 39.7 Å². The van der Waals surface area contributed by atoms with Crippen molar-refractivity contribution < 1.29 is 0 Å². The number of anilines is 6. The molecule has 9 aromatic rings. The van der Waals surface area contributed by atoms with Crippen molar-refractivity contribution in [2.75, 3.05) is 9.80 Å². The van der Waals surface area contributed by atoms with E-state index in [0.717, 1.165) is 51.7 Å². The molecule has 0 amide bonds. The summed E-state index contributed by atoms with van der Waals surface area (Å²) in [5.74, 6) is 0. The Labute approximate surface area is 371 Å². The molecule has 0 aliphatic heterocycles. The third kappa shape index (κ3) is 8.70. The number of rotatable bonds is 11.